The van der Waals surface area contributed by atoms with E-state index < -0.39 is 0 Å². The van der Waals surface area contributed by atoms with E-state index in [2.05, 4.69) is 16.0 Å². The Kier molecular flexibility index (Phi) is 4.57. The minimum atomic E-state index is -0.274. The summed E-state index contributed by atoms with van der Waals surface area (Å²) in [5.41, 5.74) is 2.02. The largest absolute Gasteiger partial charge is 0.354 e. The summed E-state index contributed by atoms with van der Waals surface area (Å²) < 4.78 is 0. The van der Waals surface area contributed by atoms with Crippen molar-refractivity contribution in [1.29, 1.82) is 0 Å². The van der Waals surface area contributed by atoms with Gasteiger partial charge < -0.3 is 16.0 Å². The van der Waals surface area contributed by atoms with E-state index in [1.807, 2.05) is 60.7 Å². The molecule has 5 heteroatoms. The highest BCUT2D eigenvalue weighted by Gasteiger charge is 2.24. The molecule has 0 radical (unpaired) electrons. The summed E-state index contributed by atoms with van der Waals surface area (Å²) in [5, 5.41) is 8.56. The highest BCUT2D eigenvalue weighted by Crippen LogP contribution is 2.21. The Hall–Kier alpha value is -2.82. The SMILES string of the molecule is O=C1C[C@@H](NC(=O)NC(c2ccccc2)c2ccccc2)CN1. The standard InChI is InChI=1S/C18H19N3O2/c22-16-11-15(12-19-16)20-18(23)21-17(13-7-3-1-4-8-13)14-9-5-2-6-10-14/h1-10,15,17H,11-12H2,(H,19,22)(H2,20,21,23)/t15-/m1/s1. The Bertz CT molecular complexity index is 634. The van der Waals surface area contributed by atoms with Crippen LogP contribution in [-0.2, 0) is 4.79 Å². The zero-order valence-corrected chi connectivity index (χ0v) is 12.7. The third-order valence-corrected chi connectivity index (χ3v) is 3.85. The van der Waals surface area contributed by atoms with Crippen LogP contribution < -0.4 is 16.0 Å². The molecule has 1 atom stereocenters. The van der Waals surface area contributed by atoms with Gasteiger partial charge in [0, 0.05) is 13.0 Å². The van der Waals surface area contributed by atoms with Crippen LogP contribution in [0.3, 0.4) is 0 Å². The van der Waals surface area contributed by atoms with Crippen LogP contribution in [0.1, 0.15) is 23.6 Å². The Morgan fingerprint density at radius 2 is 1.57 bits per heavy atom. The summed E-state index contributed by atoms with van der Waals surface area (Å²) in [6.45, 7) is 0.480. The first-order valence-corrected chi connectivity index (χ1v) is 7.66. The molecule has 118 valence electrons. The molecule has 3 rings (SSSR count). The second-order valence-corrected chi connectivity index (χ2v) is 5.58. The third kappa shape index (κ3) is 3.88. The number of rotatable bonds is 4. The second-order valence-electron chi connectivity index (χ2n) is 5.58. The average Bonchev–Trinajstić information content (AvgIpc) is 2.99. The lowest BCUT2D eigenvalue weighted by Gasteiger charge is -2.21. The van der Waals surface area contributed by atoms with Crippen molar-refractivity contribution in [3.05, 3.63) is 71.8 Å². The van der Waals surface area contributed by atoms with Crippen LogP contribution in [0.25, 0.3) is 0 Å². The fourth-order valence-corrected chi connectivity index (χ4v) is 2.72. The lowest BCUT2D eigenvalue weighted by atomic mass is 9.99. The Morgan fingerprint density at radius 1 is 1.00 bits per heavy atom. The zero-order chi connectivity index (χ0) is 16.1. The summed E-state index contributed by atoms with van der Waals surface area (Å²) in [5.74, 6) is -0.0297. The highest BCUT2D eigenvalue weighted by molar-refractivity contribution is 5.81. The van der Waals surface area contributed by atoms with Gasteiger partial charge >= 0.3 is 6.03 Å². The molecular formula is C18H19N3O2. The van der Waals surface area contributed by atoms with E-state index in [1.165, 1.54) is 0 Å². The van der Waals surface area contributed by atoms with E-state index in [0.29, 0.717) is 13.0 Å². The van der Waals surface area contributed by atoms with Crippen LogP contribution in [0.2, 0.25) is 0 Å². The molecule has 2 aromatic rings. The van der Waals surface area contributed by atoms with Gasteiger partial charge in [-0.1, -0.05) is 60.7 Å². The smallest absolute Gasteiger partial charge is 0.315 e. The maximum Gasteiger partial charge on any atom is 0.315 e. The van der Waals surface area contributed by atoms with Crippen molar-refractivity contribution in [2.24, 2.45) is 0 Å². The molecule has 23 heavy (non-hydrogen) atoms. The van der Waals surface area contributed by atoms with Gasteiger partial charge in [0.1, 0.15) is 0 Å². The van der Waals surface area contributed by atoms with Crippen molar-refractivity contribution in [3.8, 4) is 0 Å². The van der Waals surface area contributed by atoms with Crippen LogP contribution in [0.5, 0.6) is 0 Å². The van der Waals surface area contributed by atoms with Gasteiger partial charge in [0.15, 0.2) is 0 Å². The number of hydrogen-bond donors (Lipinski definition) is 3. The van der Waals surface area contributed by atoms with Gasteiger partial charge in [-0.2, -0.15) is 0 Å². The molecule has 1 fully saturated rings. The summed E-state index contributed by atoms with van der Waals surface area (Å²) in [6, 6.07) is 19.0. The summed E-state index contributed by atoms with van der Waals surface area (Å²) in [4.78, 5) is 23.5. The molecule has 3 amide bonds. The number of carbonyl (C=O) groups excluding carboxylic acids is 2. The van der Waals surface area contributed by atoms with Crippen molar-refractivity contribution in [3.63, 3.8) is 0 Å². The molecule has 0 aliphatic carbocycles. The number of urea groups is 1. The van der Waals surface area contributed by atoms with E-state index >= 15 is 0 Å². The molecule has 0 spiro atoms. The van der Waals surface area contributed by atoms with Crippen molar-refractivity contribution in [1.82, 2.24) is 16.0 Å². The van der Waals surface area contributed by atoms with Crippen LogP contribution in [0.4, 0.5) is 4.79 Å². The van der Waals surface area contributed by atoms with Crippen molar-refractivity contribution in [2.45, 2.75) is 18.5 Å². The number of amides is 3. The lowest BCUT2D eigenvalue weighted by molar-refractivity contribution is -0.119. The average molecular weight is 309 g/mol. The first-order valence-electron chi connectivity index (χ1n) is 7.66. The normalized spacial score (nSPS) is 16.9. The molecule has 0 unspecified atom stereocenters. The van der Waals surface area contributed by atoms with Crippen LogP contribution in [0.15, 0.2) is 60.7 Å². The predicted molar refractivity (Wildman–Crippen MR) is 87.8 cm³/mol. The highest BCUT2D eigenvalue weighted by atomic mass is 16.2. The molecule has 2 aromatic carbocycles. The lowest BCUT2D eigenvalue weighted by Crippen LogP contribution is -2.44. The number of hydrogen-bond acceptors (Lipinski definition) is 2. The number of carbonyl (C=O) groups is 2. The maximum absolute atomic E-state index is 12.3. The van der Waals surface area contributed by atoms with E-state index in [4.69, 9.17) is 0 Å². The Morgan fingerprint density at radius 3 is 2.04 bits per heavy atom. The first-order chi connectivity index (χ1) is 11.2. The fourth-order valence-electron chi connectivity index (χ4n) is 2.72. The van der Waals surface area contributed by atoms with Gasteiger partial charge in [-0.15, -0.1) is 0 Å². The number of nitrogens with one attached hydrogen (secondary N) is 3. The molecule has 5 nitrogen and oxygen atoms in total. The zero-order valence-electron chi connectivity index (χ0n) is 12.7. The van der Waals surface area contributed by atoms with Gasteiger partial charge in [0.25, 0.3) is 0 Å². The molecular weight excluding hydrogens is 290 g/mol. The molecule has 0 bridgehead atoms. The summed E-state index contributed by atoms with van der Waals surface area (Å²) in [6.07, 6.45) is 0.328. The molecule has 0 saturated carbocycles. The molecule has 1 aliphatic rings. The van der Waals surface area contributed by atoms with Gasteiger partial charge in [-0.25, -0.2) is 4.79 Å². The summed E-state index contributed by atoms with van der Waals surface area (Å²) >= 11 is 0. The van der Waals surface area contributed by atoms with Gasteiger partial charge in [0.2, 0.25) is 5.91 Å². The van der Waals surface area contributed by atoms with Gasteiger partial charge in [0.05, 0.1) is 12.1 Å². The van der Waals surface area contributed by atoms with Crippen molar-refractivity contribution >= 4 is 11.9 Å². The van der Waals surface area contributed by atoms with E-state index in [9.17, 15) is 9.59 Å². The van der Waals surface area contributed by atoms with Crippen LogP contribution in [-0.4, -0.2) is 24.5 Å². The topological polar surface area (TPSA) is 70.2 Å². The predicted octanol–water partition coefficient (Wildman–Crippen LogP) is 1.96. The minimum absolute atomic E-state index is 0.0297. The molecule has 3 N–H and O–H groups in total. The molecule has 0 aromatic heterocycles. The van der Waals surface area contributed by atoms with Crippen LogP contribution >= 0.6 is 0 Å². The Labute approximate surface area is 135 Å². The monoisotopic (exact) mass is 309 g/mol. The van der Waals surface area contributed by atoms with E-state index in [-0.39, 0.29) is 24.0 Å². The Balaban J connectivity index is 1.74. The van der Waals surface area contributed by atoms with Gasteiger partial charge in [-0.05, 0) is 11.1 Å². The maximum atomic E-state index is 12.3. The third-order valence-electron chi connectivity index (χ3n) is 3.85. The second kappa shape index (κ2) is 6.96. The fraction of sp³-hybridized carbons (Fsp3) is 0.222. The quantitative estimate of drug-likeness (QED) is 0.808. The van der Waals surface area contributed by atoms with E-state index in [1.54, 1.807) is 0 Å². The number of benzene rings is 2. The van der Waals surface area contributed by atoms with Crippen LogP contribution in [0, 0.1) is 0 Å². The summed E-state index contributed by atoms with van der Waals surface area (Å²) in [7, 11) is 0. The first kappa shape index (κ1) is 15.1. The molecule has 1 aliphatic heterocycles. The van der Waals surface area contributed by atoms with E-state index in [0.717, 1.165) is 11.1 Å². The van der Waals surface area contributed by atoms with Crippen molar-refractivity contribution in [2.75, 3.05) is 6.54 Å². The minimum Gasteiger partial charge on any atom is -0.354 e. The molecule has 1 saturated heterocycles. The molecule has 1 heterocycles. The van der Waals surface area contributed by atoms with Gasteiger partial charge in [-0.3, -0.25) is 4.79 Å². The van der Waals surface area contributed by atoms with Crippen molar-refractivity contribution < 1.29 is 9.59 Å².